The summed E-state index contributed by atoms with van der Waals surface area (Å²) in [5.41, 5.74) is 6.85. The Morgan fingerprint density at radius 2 is 2.00 bits per heavy atom. The molecule has 3 heterocycles. The number of morpholine rings is 1. The number of nitrogen functional groups attached to an aromatic ring is 1. The first kappa shape index (κ1) is 19.8. The largest absolute Gasteiger partial charge is 0.431 e. The highest BCUT2D eigenvalue weighted by Gasteiger charge is 2.37. The summed E-state index contributed by atoms with van der Waals surface area (Å²) >= 11 is 0. The number of nitrogens with zero attached hydrogens (tertiary/aromatic N) is 4. The van der Waals surface area contributed by atoms with Gasteiger partial charge in [0.2, 0.25) is 0 Å². The van der Waals surface area contributed by atoms with E-state index in [9.17, 15) is 8.78 Å². The molecule has 2 aliphatic rings. The number of halogens is 2. The molecule has 0 aromatic carbocycles. The Labute approximate surface area is 168 Å². The van der Waals surface area contributed by atoms with E-state index in [2.05, 4.69) is 28.5 Å². The summed E-state index contributed by atoms with van der Waals surface area (Å²) in [6, 6.07) is 3.48. The maximum absolute atomic E-state index is 12.7. The van der Waals surface area contributed by atoms with Gasteiger partial charge >= 0.3 is 6.61 Å². The molecule has 7 nitrogen and oxygen atoms in total. The van der Waals surface area contributed by atoms with Crippen LogP contribution in [0.15, 0.2) is 18.3 Å². The predicted octanol–water partition coefficient (Wildman–Crippen LogP) is 3.46. The molecule has 0 bridgehead atoms. The number of alkyl halides is 2. The van der Waals surface area contributed by atoms with Gasteiger partial charge in [-0.2, -0.15) is 8.78 Å². The average Bonchev–Trinajstić information content (AvgIpc) is 3.41. The lowest BCUT2D eigenvalue weighted by Gasteiger charge is -2.37. The zero-order chi connectivity index (χ0) is 20.7. The van der Waals surface area contributed by atoms with Crippen molar-refractivity contribution in [3.63, 3.8) is 0 Å². The van der Waals surface area contributed by atoms with Gasteiger partial charge in [0.1, 0.15) is 11.6 Å². The quantitative estimate of drug-likeness (QED) is 0.815. The fraction of sp³-hybridized carbons (Fsp3) is 0.550. The number of anilines is 2. The Kier molecular flexibility index (Phi) is 5.24. The van der Waals surface area contributed by atoms with Crippen molar-refractivity contribution in [1.82, 2.24) is 15.0 Å². The molecule has 1 saturated heterocycles. The lowest BCUT2D eigenvalue weighted by Crippen LogP contribution is -2.47. The van der Waals surface area contributed by atoms with Crippen LogP contribution < -0.4 is 15.4 Å². The summed E-state index contributed by atoms with van der Waals surface area (Å²) in [5, 5.41) is 0. The molecule has 1 saturated carbocycles. The second-order valence-electron chi connectivity index (χ2n) is 7.92. The topological polar surface area (TPSA) is 86.4 Å². The van der Waals surface area contributed by atoms with Crippen molar-refractivity contribution in [2.45, 2.75) is 51.9 Å². The SMILES string of the molecule is CC1CC1c1nc(-c2cnc(N)c(OC(F)F)c2)cc(N2C[C@H](C)OC[C@@H]2C)n1. The van der Waals surface area contributed by atoms with Crippen LogP contribution in [0.1, 0.15) is 38.9 Å². The van der Waals surface area contributed by atoms with Gasteiger partial charge in [-0.15, -0.1) is 0 Å². The average molecular weight is 405 g/mol. The zero-order valence-electron chi connectivity index (χ0n) is 16.7. The van der Waals surface area contributed by atoms with Crippen molar-refractivity contribution in [2.24, 2.45) is 5.92 Å². The van der Waals surface area contributed by atoms with Crippen molar-refractivity contribution in [3.8, 4) is 17.0 Å². The van der Waals surface area contributed by atoms with E-state index in [4.69, 9.17) is 20.4 Å². The molecule has 156 valence electrons. The Balaban J connectivity index is 1.75. The van der Waals surface area contributed by atoms with E-state index in [0.29, 0.717) is 29.7 Å². The van der Waals surface area contributed by atoms with E-state index >= 15 is 0 Å². The highest BCUT2D eigenvalue weighted by atomic mass is 19.3. The van der Waals surface area contributed by atoms with Crippen LogP contribution >= 0.6 is 0 Å². The Bertz CT molecular complexity index is 897. The molecule has 2 aromatic rings. The van der Waals surface area contributed by atoms with Crippen molar-refractivity contribution < 1.29 is 18.3 Å². The third-order valence-corrected chi connectivity index (χ3v) is 5.47. The van der Waals surface area contributed by atoms with Gasteiger partial charge in [0.15, 0.2) is 11.6 Å². The normalized spacial score (nSPS) is 26.6. The molecule has 2 N–H and O–H groups in total. The maximum Gasteiger partial charge on any atom is 0.387 e. The van der Waals surface area contributed by atoms with Crippen LogP contribution in [0, 0.1) is 5.92 Å². The number of aromatic nitrogens is 3. The van der Waals surface area contributed by atoms with E-state index in [1.807, 2.05) is 13.0 Å². The minimum atomic E-state index is -2.98. The van der Waals surface area contributed by atoms with Gasteiger partial charge in [-0.05, 0) is 32.3 Å². The molecule has 0 spiro atoms. The molecule has 29 heavy (non-hydrogen) atoms. The molecule has 4 rings (SSSR count). The van der Waals surface area contributed by atoms with Gasteiger partial charge in [-0.25, -0.2) is 15.0 Å². The fourth-order valence-corrected chi connectivity index (χ4v) is 3.60. The fourth-order valence-electron chi connectivity index (χ4n) is 3.60. The van der Waals surface area contributed by atoms with E-state index in [1.54, 1.807) is 0 Å². The standard InChI is InChI=1S/C20H25F2N5O2/c1-10-4-14(10)19-25-15(13-5-16(29-20(21)22)18(23)24-7-13)6-17(26-19)27-8-12(3)28-9-11(27)2/h5-7,10-12,14,20H,4,8-9H2,1-3H3,(H2,23,24)/t10?,11-,12-,14?/m0/s1. The molecule has 1 aliphatic carbocycles. The van der Waals surface area contributed by atoms with E-state index < -0.39 is 6.61 Å². The molecule has 4 atom stereocenters. The van der Waals surface area contributed by atoms with Crippen molar-refractivity contribution in [1.29, 1.82) is 0 Å². The highest BCUT2D eigenvalue weighted by molar-refractivity contribution is 5.67. The van der Waals surface area contributed by atoms with Gasteiger partial charge in [0.25, 0.3) is 0 Å². The summed E-state index contributed by atoms with van der Waals surface area (Å²) in [4.78, 5) is 15.8. The van der Waals surface area contributed by atoms with E-state index in [1.165, 1.54) is 12.3 Å². The van der Waals surface area contributed by atoms with Gasteiger partial charge in [-0.1, -0.05) is 6.92 Å². The van der Waals surface area contributed by atoms with E-state index in [-0.39, 0.29) is 23.7 Å². The van der Waals surface area contributed by atoms with Gasteiger partial charge in [0, 0.05) is 30.3 Å². The third kappa shape index (κ3) is 4.24. The number of hydrogen-bond donors (Lipinski definition) is 1. The lowest BCUT2D eigenvalue weighted by atomic mass is 10.1. The Morgan fingerprint density at radius 3 is 2.69 bits per heavy atom. The van der Waals surface area contributed by atoms with Crippen molar-refractivity contribution >= 4 is 11.6 Å². The van der Waals surface area contributed by atoms with Crippen LogP contribution in [0.3, 0.4) is 0 Å². The maximum atomic E-state index is 12.7. The molecule has 2 aromatic heterocycles. The zero-order valence-corrected chi connectivity index (χ0v) is 16.7. The number of nitrogens with two attached hydrogens (primary N) is 1. The van der Waals surface area contributed by atoms with Crippen LogP contribution in [0.25, 0.3) is 11.3 Å². The molecular weight excluding hydrogens is 380 g/mol. The molecule has 0 amide bonds. The second kappa shape index (κ2) is 7.70. The lowest BCUT2D eigenvalue weighted by molar-refractivity contribution is -0.0494. The smallest absolute Gasteiger partial charge is 0.387 e. The first-order chi connectivity index (χ1) is 13.8. The Hall–Kier alpha value is -2.55. The molecule has 1 aliphatic heterocycles. The number of pyridine rings is 1. The molecule has 2 fully saturated rings. The van der Waals surface area contributed by atoms with Crippen LogP contribution in [-0.4, -0.2) is 46.9 Å². The van der Waals surface area contributed by atoms with Crippen molar-refractivity contribution in [3.05, 3.63) is 24.2 Å². The number of rotatable bonds is 5. The van der Waals surface area contributed by atoms with Crippen LogP contribution in [0.2, 0.25) is 0 Å². The third-order valence-electron chi connectivity index (χ3n) is 5.47. The van der Waals surface area contributed by atoms with Crippen LogP contribution in [0.4, 0.5) is 20.4 Å². The summed E-state index contributed by atoms with van der Waals surface area (Å²) in [6.07, 6.45) is 2.65. The Morgan fingerprint density at radius 1 is 1.24 bits per heavy atom. The van der Waals surface area contributed by atoms with Crippen LogP contribution in [-0.2, 0) is 4.74 Å². The first-order valence-electron chi connectivity index (χ1n) is 9.79. The van der Waals surface area contributed by atoms with Crippen LogP contribution in [0.5, 0.6) is 5.75 Å². The predicted molar refractivity (Wildman–Crippen MR) is 105 cm³/mol. The summed E-state index contributed by atoms with van der Waals surface area (Å²) in [6.45, 7) is 4.64. The minimum Gasteiger partial charge on any atom is -0.431 e. The first-order valence-corrected chi connectivity index (χ1v) is 9.79. The van der Waals surface area contributed by atoms with Crippen molar-refractivity contribution in [2.75, 3.05) is 23.8 Å². The molecular formula is C20H25F2N5O2. The molecule has 0 radical (unpaired) electrons. The molecule has 9 heteroatoms. The number of ether oxygens (including phenoxy) is 2. The summed E-state index contributed by atoms with van der Waals surface area (Å²) in [7, 11) is 0. The van der Waals surface area contributed by atoms with Gasteiger partial charge < -0.3 is 20.1 Å². The van der Waals surface area contributed by atoms with E-state index in [0.717, 1.165) is 24.6 Å². The second-order valence-corrected chi connectivity index (χ2v) is 7.92. The molecule has 2 unspecified atom stereocenters. The summed E-state index contributed by atoms with van der Waals surface area (Å²) in [5.74, 6) is 2.16. The summed E-state index contributed by atoms with van der Waals surface area (Å²) < 4.78 is 35.6. The highest BCUT2D eigenvalue weighted by Crippen LogP contribution is 2.46. The minimum absolute atomic E-state index is 0.0880. The monoisotopic (exact) mass is 405 g/mol. The number of hydrogen-bond acceptors (Lipinski definition) is 7. The van der Waals surface area contributed by atoms with Gasteiger partial charge in [0.05, 0.1) is 24.4 Å². The van der Waals surface area contributed by atoms with Gasteiger partial charge in [-0.3, -0.25) is 0 Å².